The Morgan fingerprint density at radius 3 is 2.67 bits per heavy atom. The molecule has 0 unspecified atom stereocenters. The fourth-order valence-electron chi connectivity index (χ4n) is 2.32. The van der Waals surface area contributed by atoms with Gasteiger partial charge in [0.25, 0.3) is 0 Å². The topological polar surface area (TPSA) is 94.9 Å². The Hall–Kier alpha value is -1.51. The van der Waals surface area contributed by atoms with E-state index in [1.54, 1.807) is 6.92 Å². The summed E-state index contributed by atoms with van der Waals surface area (Å²) in [7, 11) is -4.12. The second-order valence-corrected chi connectivity index (χ2v) is 7.00. The van der Waals surface area contributed by atoms with Crippen LogP contribution >= 0.6 is 0 Å². The lowest BCUT2D eigenvalue weighted by atomic mass is 9.96. The van der Waals surface area contributed by atoms with Crippen LogP contribution in [0.2, 0.25) is 0 Å². The maximum Gasteiger partial charge on any atom is 0.310 e. The second kappa shape index (κ2) is 5.70. The number of aliphatic hydroxyl groups is 1. The molecule has 1 aromatic carbocycles. The van der Waals surface area contributed by atoms with Crippen LogP contribution in [0.4, 0.5) is 4.39 Å². The van der Waals surface area contributed by atoms with Crippen molar-refractivity contribution in [3.05, 3.63) is 29.6 Å². The minimum Gasteiger partial charge on any atom is -0.481 e. The van der Waals surface area contributed by atoms with Crippen molar-refractivity contribution in [1.82, 2.24) is 4.31 Å². The SMILES string of the molecule is Cc1ccc(S(=O)(=O)N2CC[C@@H](O)[C@@H](C(=O)O)C2)c(F)c1. The van der Waals surface area contributed by atoms with Crippen LogP contribution in [0.15, 0.2) is 23.1 Å². The molecule has 1 aromatic rings. The van der Waals surface area contributed by atoms with E-state index in [4.69, 9.17) is 5.11 Å². The summed E-state index contributed by atoms with van der Waals surface area (Å²) >= 11 is 0. The monoisotopic (exact) mass is 317 g/mol. The Kier molecular flexibility index (Phi) is 4.31. The largest absolute Gasteiger partial charge is 0.481 e. The van der Waals surface area contributed by atoms with Crippen LogP contribution in [-0.2, 0) is 14.8 Å². The van der Waals surface area contributed by atoms with Gasteiger partial charge in [0.05, 0.1) is 12.0 Å². The lowest BCUT2D eigenvalue weighted by Gasteiger charge is -2.33. The number of carboxylic acids is 1. The smallest absolute Gasteiger partial charge is 0.310 e. The number of nitrogens with zero attached hydrogens (tertiary/aromatic N) is 1. The third kappa shape index (κ3) is 3.07. The number of piperidine rings is 1. The van der Waals surface area contributed by atoms with Crippen LogP contribution in [0, 0.1) is 18.7 Å². The molecule has 0 aliphatic carbocycles. The predicted molar refractivity (Wildman–Crippen MR) is 71.6 cm³/mol. The summed E-state index contributed by atoms with van der Waals surface area (Å²) in [6.45, 7) is 1.23. The minimum absolute atomic E-state index is 0.00365. The Balaban J connectivity index is 2.33. The Labute approximate surface area is 121 Å². The van der Waals surface area contributed by atoms with E-state index in [1.807, 2.05) is 0 Å². The van der Waals surface area contributed by atoms with Gasteiger partial charge in [0.1, 0.15) is 10.7 Å². The molecule has 8 heteroatoms. The normalized spacial score (nSPS) is 24.0. The molecule has 0 spiro atoms. The van der Waals surface area contributed by atoms with Crippen molar-refractivity contribution in [2.75, 3.05) is 13.1 Å². The number of benzene rings is 1. The number of aryl methyl sites for hydroxylation is 1. The fourth-order valence-corrected chi connectivity index (χ4v) is 3.85. The molecule has 21 heavy (non-hydrogen) atoms. The molecular formula is C13H16FNO5S. The van der Waals surface area contributed by atoms with E-state index in [9.17, 15) is 22.7 Å². The quantitative estimate of drug-likeness (QED) is 0.851. The van der Waals surface area contributed by atoms with E-state index in [2.05, 4.69) is 0 Å². The van der Waals surface area contributed by atoms with Gasteiger partial charge in [-0.25, -0.2) is 12.8 Å². The van der Waals surface area contributed by atoms with Crippen molar-refractivity contribution < 1.29 is 27.8 Å². The second-order valence-electron chi connectivity index (χ2n) is 5.10. The van der Waals surface area contributed by atoms with Gasteiger partial charge in [0.15, 0.2) is 0 Å². The van der Waals surface area contributed by atoms with E-state index in [1.165, 1.54) is 12.1 Å². The van der Waals surface area contributed by atoms with E-state index in [0.29, 0.717) is 5.56 Å². The zero-order valence-corrected chi connectivity index (χ0v) is 12.2. The molecule has 1 aliphatic heterocycles. The van der Waals surface area contributed by atoms with Crippen LogP contribution in [0.3, 0.4) is 0 Å². The van der Waals surface area contributed by atoms with Gasteiger partial charge in [0, 0.05) is 13.1 Å². The maximum atomic E-state index is 13.9. The summed E-state index contributed by atoms with van der Waals surface area (Å²) in [5, 5.41) is 18.6. The number of halogens is 1. The predicted octanol–water partition coefficient (Wildman–Crippen LogP) is 0.590. The molecule has 0 saturated carbocycles. The van der Waals surface area contributed by atoms with Gasteiger partial charge in [-0.15, -0.1) is 0 Å². The lowest BCUT2D eigenvalue weighted by molar-refractivity contribution is -0.147. The van der Waals surface area contributed by atoms with Gasteiger partial charge in [0.2, 0.25) is 10.0 Å². The van der Waals surface area contributed by atoms with Crippen LogP contribution in [0.5, 0.6) is 0 Å². The first kappa shape index (κ1) is 15.9. The number of carbonyl (C=O) groups is 1. The summed E-state index contributed by atoms with van der Waals surface area (Å²) in [6, 6.07) is 3.75. The van der Waals surface area contributed by atoms with Crippen LogP contribution < -0.4 is 0 Å². The molecule has 116 valence electrons. The summed E-state index contributed by atoms with van der Waals surface area (Å²) in [5.74, 6) is -3.35. The molecule has 1 aliphatic rings. The van der Waals surface area contributed by atoms with Crippen LogP contribution in [-0.4, -0.2) is 48.1 Å². The zero-order valence-electron chi connectivity index (χ0n) is 11.4. The average molecular weight is 317 g/mol. The standard InChI is InChI=1S/C13H16FNO5S/c1-8-2-3-12(10(14)6-8)21(19,20)15-5-4-11(16)9(7-15)13(17)18/h2-3,6,9,11,16H,4-5,7H2,1H3,(H,17,18)/t9-,11+/m0/s1. The number of hydrogen-bond donors (Lipinski definition) is 2. The summed E-state index contributed by atoms with van der Waals surface area (Å²) in [4.78, 5) is 10.6. The number of sulfonamides is 1. The number of hydrogen-bond acceptors (Lipinski definition) is 4. The molecular weight excluding hydrogens is 301 g/mol. The van der Waals surface area contributed by atoms with Crippen molar-refractivity contribution in [2.24, 2.45) is 5.92 Å². The Morgan fingerprint density at radius 1 is 1.43 bits per heavy atom. The molecule has 6 nitrogen and oxygen atoms in total. The first-order valence-electron chi connectivity index (χ1n) is 6.40. The maximum absolute atomic E-state index is 13.9. The summed E-state index contributed by atoms with van der Waals surface area (Å²) in [6.07, 6.45) is -1.10. The van der Waals surface area contributed by atoms with Crippen molar-refractivity contribution in [1.29, 1.82) is 0 Å². The number of carboxylic acid groups (broad SMARTS) is 1. The first-order chi connectivity index (χ1) is 9.73. The molecule has 2 rings (SSSR count). The van der Waals surface area contributed by atoms with Gasteiger partial charge in [-0.1, -0.05) is 6.07 Å². The summed E-state index contributed by atoms with van der Waals surface area (Å²) < 4.78 is 39.6. The first-order valence-corrected chi connectivity index (χ1v) is 7.84. The van der Waals surface area contributed by atoms with Gasteiger partial charge >= 0.3 is 5.97 Å². The highest BCUT2D eigenvalue weighted by Crippen LogP contribution is 2.26. The van der Waals surface area contributed by atoms with Crippen molar-refractivity contribution in [2.45, 2.75) is 24.3 Å². The number of rotatable bonds is 3. The summed E-state index contributed by atoms with van der Waals surface area (Å²) in [5.41, 5.74) is 0.587. The van der Waals surface area contributed by atoms with Gasteiger partial charge in [-0.2, -0.15) is 4.31 Å². The number of aliphatic hydroxyl groups excluding tert-OH is 1. The average Bonchev–Trinajstić information content (AvgIpc) is 2.38. The highest BCUT2D eigenvalue weighted by molar-refractivity contribution is 7.89. The highest BCUT2D eigenvalue weighted by Gasteiger charge is 2.39. The van der Waals surface area contributed by atoms with Crippen molar-refractivity contribution in [3.8, 4) is 0 Å². The molecule has 1 heterocycles. The Morgan fingerprint density at radius 2 is 2.10 bits per heavy atom. The van der Waals surface area contributed by atoms with Gasteiger partial charge in [-0.05, 0) is 31.0 Å². The van der Waals surface area contributed by atoms with Gasteiger partial charge in [-0.3, -0.25) is 4.79 Å². The fraction of sp³-hybridized carbons (Fsp3) is 0.462. The molecule has 1 fully saturated rings. The van der Waals surface area contributed by atoms with Crippen LogP contribution in [0.25, 0.3) is 0 Å². The molecule has 0 bridgehead atoms. The van der Waals surface area contributed by atoms with E-state index in [0.717, 1.165) is 10.4 Å². The zero-order chi connectivity index (χ0) is 15.8. The van der Waals surface area contributed by atoms with Crippen molar-refractivity contribution in [3.63, 3.8) is 0 Å². The van der Waals surface area contributed by atoms with E-state index in [-0.39, 0.29) is 19.5 Å². The molecule has 1 saturated heterocycles. The number of aliphatic carboxylic acids is 1. The molecule has 2 N–H and O–H groups in total. The molecule has 0 amide bonds. The van der Waals surface area contributed by atoms with Gasteiger partial charge < -0.3 is 10.2 Å². The van der Waals surface area contributed by atoms with Crippen molar-refractivity contribution >= 4 is 16.0 Å². The minimum atomic E-state index is -4.12. The molecule has 0 aromatic heterocycles. The third-order valence-corrected chi connectivity index (χ3v) is 5.46. The Bertz CT molecular complexity index is 661. The van der Waals surface area contributed by atoms with E-state index < -0.39 is 38.7 Å². The van der Waals surface area contributed by atoms with E-state index >= 15 is 0 Å². The molecule has 0 radical (unpaired) electrons. The molecule has 2 atom stereocenters. The third-order valence-electron chi connectivity index (χ3n) is 3.56. The lowest BCUT2D eigenvalue weighted by Crippen LogP contribution is -2.48. The van der Waals surface area contributed by atoms with Crippen LogP contribution in [0.1, 0.15) is 12.0 Å². The highest BCUT2D eigenvalue weighted by atomic mass is 32.2.